The lowest BCUT2D eigenvalue weighted by molar-refractivity contribution is 0.296. The van der Waals surface area contributed by atoms with Crippen molar-refractivity contribution in [1.29, 1.82) is 0 Å². The first-order valence-corrected chi connectivity index (χ1v) is 8.40. The summed E-state index contributed by atoms with van der Waals surface area (Å²) in [5, 5.41) is 0. The van der Waals surface area contributed by atoms with Crippen LogP contribution in [-0.2, 0) is 0 Å². The van der Waals surface area contributed by atoms with Gasteiger partial charge >= 0.3 is 0 Å². The zero-order chi connectivity index (χ0) is 17.0. The molecular weight excluding hydrogens is 282 g/mol. The van der Waals surface area contributed by atoms with Crippen molar-refractivity contribution in [3.63, 3.8) is 0 Å². The Morgan fingerprint density at radius 3 is 2.13 bits per heavy atom. The summed E-state index contributed by atoms with van der Waals surface area (Å²) in [7, 11) is 0. The number of aryl methyl sites for hydroxylation is 5. The van der Waals surface area contributed by atoms with Crippen LogP contribution >= 0.6 is 0 Å². The van der Waals surface area contributed by atoms with Crippen LogP contribution in [0.4, 0.5) is 0 Å². The van der Waals surface area contributed by atoms with Crippen molar-refractivity contribution >= 4 is 0 Å². The van der Waals surface area contributed by atoms with E-state index in [4.69, 9.17) is 10.5 Å². The van der Waals surface area contributed by atoms with Gasteiger partial charge in [-0.15, -0.1) is 0 Å². The van der Waals surface area contributed by atoms with Gasteiger partial charge < -0.3 is 10.5 Å². The van der Waals surface area contributed by atoms with Crippen molar-refractivity contribution in [1.82, 2.24) is 0 Å². The van der Waals surface area contributed by atoms with E-state index < -0.39 is 0 Å². The van der Waals surface area contributed by atoms with E-state index in [1.807, 2.05) is 0 Å². The molecule has 0 saturated carbocycles. The van der Waals surface area contributed by atoms with Crippen molar-refractivity contribution in [3.8, 4) is 5.75 Å². The van der Waals surface area contributed by atoms with Crippen LogP contribution < -0.4 is 10.5 Å². The van der Waals surface area contributed by atoms with Crippen LogP contribution in [0.1, 0.15) is 45.7 Å². The maximum atomic E-state index is 6.06. The van der Waals surface area contributed by atoms with Crippen molar-refractivity contribution in [2.45, 2.75) is 47.0 Å². The van der Waals surface area contributed by atoms with Gasteiger partial charge in [-0.2, -0.15) is 0 Å². The number of hydrogen-bond acceptors (Lipinski definition) is 2. The van der Waals surface area contributed by atoms with Gasteiger partial charge in [-0.05, 0) is 87.4 Å². The third-order valence-corrected chi connectivity index (χ3v) is 4.50. The minimum Gasteiger partial charge on any atom is -0.493 e. The van der Waals surface area contributed by atoms with E-state index >= 15 is 0 Å². The Hall–Kier alpha value is -1.80. The van der Waals surface area contributed by atoms with Crippen LogP contribution in [0.25, 0.3) is 0 Å². The number of ether oxygens (including phenoxy) is 1. The highest BCUT2D eigenvalue weighted by Crippen LogP contribution is 2.28. The van der Waals surface area contributed by atoms with Crippen LogP contribution in [0.3, 0.4) is 0 Å². The van der Waals surface area contributed by atoms with Crippen LogP contribution in [0.2, 0.25) is 0 Å². The van der Waals surface area contributed by atoms with Gasteiger partial charge in [0.15, 0.2) is 0 Å². The molecule has 0 spiro atoms. The molecule has 0 aromatic heterocycles. The van der Waals surface area contributed by atoms with E-state index in [1.54, 1.807) is 0 Å². The topological polar surface area (TPSA) is 35.2 Å². The highest BCUT2D eigenvalue weighted by molar-refractivity contribution is 5.40. The zero-order valence-electron chi connectivity index (χ0n) is 15.1. The molecule has 1 unspecified atom stereocenters. The number of hydrogen-bond donors (Lipinski definition) is 1. The molecule has 1 atom stereocenters. The molecule has 0 heterocycles. The predicted octanol–water partition coefficient (Wildman–Crippen LogP) is 4.74. The molecular formula is C21H29NO. The van der Waals surface area contributed by atoms with E-state index in [1.165, 1.54) is 33.4 Å². The molecule has 2 rings (SSSR count). The van der Waals surface area contributed by atoms with Gasteiger partial charge in [-0.3, -0.25) is 0 Å². The molecule has 0 aliphatic heterocycles. The second-order valence-electron chi connectivity index (χ2n) is 6.65. The van der Waals surface area contributed by atoms with E-state index in [2.05, 4.69) is 65.0 Å². The molecule has 0 aliphatic rings. The summed E-state index contributed by atoms with van der Waals surface area (Å²) >= 11 is 0. The second kappa shape index (κ2) is 7.65. The third-order valence-electron chi connectivity index (χ3n) is 4.50. The van der Waals surface area contributed by atoms with Gasteiger partial charge in [0.1, 0.15) is 5.75 Å². The summed E-state index contributed by atoms with van der Waals surface area (Å²) in [5.41, 5.74) is 13.8. The Morgan fingerprint density at radius 1 is 0.870 bits per heavy atom. The van der Waals surface area contributed by atoms with Gasteiger partial charge in [-0.1, -0.05) is 29.8 Å². The quantitative estimate of drug-likeness (QED) is 0.836. The Bertz CT molecular complexity index is 653. The van der Waals surface area contributed by atoms with Crippen molar-refractivity contribution in [2.24, 2.45) is 5.73 Å². The number of rotatable bonds is 6. The minimum absolute atomic E-state index is 0.348. The molecule has 0 amide bonds. The molecule has 0 radical (unpaired) electrons. The van der Waals surface area contributed by atoms with E-state index in [9.17, 15) is 0 Å². The average molecular weight is 311 g/mol. The maximum Gasteiger partial charge on any atom is 0.122 e. The summed E-state index contributed by atoms with van der Waals surface area (Å²) in [6, 6.07) is 10.8. The molecule has 0 saturated heterocycles. The predicted molar refractivity (Wildman–Crippen MR) is 98.5 cm³/mol. The summed E-state index contributed by atoms with van der Waals surface area (Å²) < 4.78 is 6.02. The Labute approximate surface area is 140 Å². The first kappa shape index (κ1) is 17.6. The molecule has 2 N–H and O–H groups in total. The van der Waals surface area contributed by atoms with Crippen LogP contribution in [0.15, 0.2) is 30.3 Å². The smallest absolute Gasteiger partial charge is 0.122 e. The summed E-state index contributed by atoms with van der Waals surface area (Å²) in [6.07, 6.45) is 0.939. The van der Waals surface area contributed by atoms with Crippen molar-refractivity contribution < 1.29 is 4.74 Å². The second-order valence-corrected chi connectivity index (χ2v) is 6.65. The number of nitrogens with two attached hydrogens (primary N) is 1. The van der Waals surface area contributed by atoms with E-state index in [-0.39, 0.29) is 0 Å². The SMILES string of the molecule is Cc1cc(C)c(C(CN)CCOc2cc(C)ccc2C)c(C)c1. The fraction of sp³-hybridized carbons (Fsp3) is 0.429. The molecule has 0 fully saturated rings. The maximum absolute atomic E-state index is 6.06. The lowest BCUT2D eigenvalue weighted by Crippen LogP contribution is -2.18. The Balaban J connectivity index is 2.07. The monoisotopic (exact) mass is 311 g/mol. The summed E-state index contributed by atoms with van der Waals surface area (Å²) in [6.45, 7) is 12.0. The van der Waals surface area contributed by atoms with Crippen LogP contribution in [0, 0.1) is 34.6 Å². The van der Waals surface area contributed by atoms with Gasteiger partial charge in [0.05, 0.1) is 6.61 Å². The largest absolute Gasteiger partial charge is 0.493 e. The highest BCUT2D eigenvalue weighted by atomic mass is 16.5. The standard InChI is InChI=1S/C21H29NO/c1-14-6-7-16(3)20(12-14)23-9-8-19(13-22)21-17(4)10-15(2)11-18(21)5/h6-7,10-12,19H,8-9,13,22H2,1-5H3. The molecule has 23 heavy (non-hydrogen) atoms. The van der Waals surface area contributed by atoms with Crippen LogP contribution in [-0.4, -0.2) is 13.2 Å². The van der Waals surface area contributed by atoms with E-state index in [0.29, 0.717) is 19.1 Å². The molecule has 2 nitrogen and oxygen atoms in total. The fourth-order valence-electron chi connectivity index (χ4n) is 3.39. The molecule has 2 aromatic rings. The first-order valence-electron chi connectivity index (χ1n) is 8.40. The van der Waals surface area contributed by atoms with Crippen LogP contribution in [0.5, 0.6) is 5.75 Å². The molecule has 0 bridgehead atoms. The Kier molecular flexibility index (Phi) is 5.84. The normalized spacial score (nSPS) is 12.3. The third kappa shape index (κ3) is 4.35. The minimum atomic E-state index is 0.348. The van der Waals surface area contributed by atoms with Gasteiger partial charge in [0.25, 0.3) is 0 Å². The molecule has 2 aromatic carbocycles. The van der Waals surface area contributed by atoms with Crippen molar-refractivity contribution in [3.05, 3.63) is 63.7 Å². The molecule has 124 valence electrons. The lowest BCUT2D eigenvalue weighted by atomic mass is 9.87. The zero-order valence-corrected chi connectivity index (χ0v) is 15.1. The van der Waals surface area contributed by atoms with Gasteiger partial charge in [0, 0.05) is 0 Å². The fourth-order valence-corrected chi connectivity index (χ4v) is 3.39. The van der Waals surface area contributed by atoms with E-state index in [0.717, 1.165) is 12.2 Å². The number of benzene rings is 2. The summed E-state index contributed by atoms with van der Waals surface area (Å²) in [5.74, 6) is 1.33. The van der Waals surface area contributed by atoms with Crippen molar-refractivity contribution in [2.75, 3.05) is 13.2 Å². The highest BCUT2D eigenvalue weighted by Gasteiger charge is 2.15. The Morgan fingerprint density at radius 2 is 1.52 bits per heavy atom. The average Bonchev–Trinajstić information content (AvgIpc) is 2.48. The first-order chi connectivity index (χ1) is 10.9. The van der Waals surface area contributed by atoms with Gasteiger partial charge in [-0.25, -0.2) is 0 Å². The molecule has 2 heteroatoms. The summed E-state index contributed by atoms with van der Waals surface area (Å²) in [4.78, 5) is 0. The lowest BCUT2D eigenvalue weighted by Gasteiger charge is -2.21. The van der Waals surface area contributed by atoms with Gasteiger partial charge in [0.2, 0.25) is 0 Å². The molecule has 0 aliphatic carbocycles.